The summed E-state index contributed by atoms with van der Waals surface area (Å²) < 4.78 is 23.4. The van der Waals surface area contributed by atoms with Gasteiger partial charge in [-0.25, -0.2) is 13.4 Å². The third kappa shape index (κ3) is 2.74. The summed E-state index contributed by atoms with van der Waals surface area (Å²) in [7, 11) is -2.97. The van der Waals surface area contributed by atoms with E-state index >= 15 is 0 Å². The number of thioether (sulfide) groups is 1. The smallest absolute Gasteiger partial charge is 0.313 e. The molecule has 0 fully saturated rings. The van der Waals surface area contributed by atoms with Gasteiger partial charge >= 0.3 is 5.97 Å². The molecular weight excluding hydrogens is 270 g/mol. The van der Waals surface area contributed by atoms with Crippen LogP contribution in [0.25, 0.3) is 0 Å². The van der Waals surface area contributed by atoms with Gasteiger partial charge in [0.1, 0.15) is 0 Å². The first kappa shape index (κ1) is 11.9. The molecule has 0 unspecified atom stereocenters. The van der Waals surface area contributed by atoms with Crippen molar-refractivity contribution in [2.45, 2.75) is 16.5 Å². The van der Waals surface area contributed by atoms with E-state index in [0.29, 0.717) is 10.8 Å². The van der Waals surface area contributed by atoms with Crippen molar-refractivity contribution in [3.05, 3.63) is 10.6 Å². The third-order valence-electron chi connectivity index (χ3n) is 2.08. The average molecular weight is 279 g/mol. The maximum absolute atomic E-state index is 11.4. The number of carboxylic acids is 1. The summed E-state index contributed by atoms with van der Waals surface area (Å²) >= 11 is 2.42. The molecule has 0 saturated heterocycles. The van der Waals surface area contributed by atoms with Crippen molar-refractivity contribution in [2.75, 3.05) is 11.5 Å². The molecule has 16 heavy (non-hydrogen) atoms. The van der Waals surface area contributed by atoms with Gasteiger partial charge in [0, 0.05) is 11.3 Å². The predicted octanol–water partition coefficient (Wildman–Crippen LogP) is 0.791. The van der Waals surface area contributed by atoms with Gasteiger partial charge in [0.15, 0.2) is 14.2 Å². The molecule has 0 radical (unpaired) electrons. The number of carboxylic acid groups (broad SMARTS) is 1. The zero-order chi connectivity index (χ0) is 11.8. The molecule has 88 valence electrons. The first-order valence-electron chi connectivity index (χ1n) is 4.50. The Morgan fingerprint density at radius 3 is 3.00 bits per heavy atom. The summed E-state index contributed by atoms with van der Waals surface area (Å²) in [5, 5.41) is 8.52. The molecule has 1 aromatic rings. The van der Waals surface area contributed by atoms with Gasteiger partial charge in [-0.15, -0.1) is 11.3 Å². The van der Waals surface area contributed by atoms with Gasteiger partial charge < -0.3 is 5.11 Å². The number of nitrogens with zero attached hydrogens (tertiary/aromatic N) is 1. The quantitative estimate of drug-likeness (QED) is 0.824. The maximum atomic E-state index is 11.4. The van der Waals surface area contributed by atoms with Crippen LogP contribution in [0.2, 0.25) is 0 Å². The van der Waals surface area contributed by atoms with Crippen LogP contribution in [0.15, 0.2) is 4.34 Å². The number of aromatic nitrogens is 1. The molecule has 0 saturated carbocycles. The minimum absolute atomic E-state index is 0.0425. The number of sulfone groups is 1. The lowest BCUT2D eigenvalue weighted by molar-refractivity contribution is -0.133. The molecule has 0 atom stereocenters. The Hall–Kier alpha value is -0.600. The SMILES string of the molecule is O=C(O)CSc1nc2c(s1)CS(=O)(=O)CC2. The zero-order valence-corrected chi connectivity index (χ0v) is 10.6. The largest absolute Gasteiger partial charge is 0.481 e. The van der Waals surface area contributed by atoms with Crippen LogP contribution in [0.1, 0.15) is 10.6 Å². The van der Waals surface area contributed by atoms with E-state index in [1.807, 2.05) is 0 Å². The minimum atomic E-state index is -2.97. The van der Waals surface area contributed by atoms with E-state index in [9.17, 15) is 13.2 Å². The number of hydrogen-bond donors (Lipinski definition) is 1. The van der Waals surface area contributed by atoms with Crippen LogP contribution in [0, 0.1) is 0 Å². The fourth-order valence-electron chi connectivity index (χ4n) is 1.38. The van der Waals surface area contributed by atoms with E-state index in [1.165, 1.54) is 11.3 Å². The number of rotatable bonds is 3. The highest BCUT2D eigenvalue weighted by atomic mass is 32.2. The summed E-state index contributed by atoms with van der Waals surface area (Å²) in [5.74, 6) is -0.745. The molecule has 1 aliphatic rings. The van der Waals surface area contributed by atoms with Crippen LogP contribution in [0.4, 0.5) is 0 Å². The molecule has 0 aromatic carbocycles. The van der Waals surface area contributed by atoms with Crippen LogP contribution in [-0.4, -0.2) is 36.0 Å². The zero-order valence-electron chi connectivity index (χ0n) is 8.17. The molecule has 5 nitrogen and oxygen atoms in total. The monoisotopic (exact) mass is 279 g/mol. The number of carbonyl (C=O) groups is 1. The molecule has 2 rings (SSSR count). The van der Waals surface area contributed by atoms with Gasteiger partial charge in [-0.1, -0.05) is 11.8 Å². The van der Waals surface area contributed by atoms with Crippen molar-refractivity contribution in [2.24, 2.45) is 0 Å². The van der Waals surface area contributed by atoms with Crippen molar-refractivity contribution in [1.82, 2.24) is 4.98 Å². The summed E-state index contributed by atoms with van der Waals surface area (Å²) in [6.45, 7) is 0. The van der Waals surface area contributed by atoms with E-state index in [0.717, 1.165) is 22.3 Å². The highest BCUT2D eigenvalue weighted by Gasteiger charge is 2.25. The van der Waals surface area contributed by atoms with Crippen molar-refractivity contribution in [3.8, 4) is 0 Å². The first-order valence-corrected chi connectivity index (χ1v) is 8.12. The van der Waals surface area contributed by atoms with Gasteiger partial charge in [-0.3, -0.25) is 4.79 Å². The van der Waals surface area contributed by atoms with E-state index in [4.69, 9.17) is 5.11 Å². The minimum Gasteiger partial charge on any atom is -0.481 e. The highest BCUT2D eigenvalue weighted by molar-refractivity contribution is 8.01. The summed E-state index contributed by atoms with van der Waals surface area (Å²) in [6.07, 6.45) is 0.446. The number of aryl methyl sites for hydroxylation is 1. The van der Waals surface area contributed by atoms with Crippen molar-refractivity contribution in [3.63, 3.8) is 0 Å². The van der Waals surface area contributed by atoms with Crippen LogP contribution in [-0.2, 0) is 26.8 Å². The van der Waals surface area contributed by atoms with Crippen molar-refractivity contribution < 1.29 is 18.3 Å². The third-order valence-corrected chi connectivity index (χ3v) is 6.04. The lowest BCUT2D eigenvalue weighted by Gasteiger charge is -2.09. The molecule has 2 heterocycles. The Morgan fingerprint density at radius 2 is 2.31 bits per heavy atom. The second kappa shape index (κ2) is 4.34. The lowest BCUT2D eigenvalue weighted by Crippen LogP contribution is -2.17. The van der Waals surface area contributed by atoms with Crippen LogP contribution >= 0.6 is 23.1 Å². The van der Waals surface area contributed by atoms with Crippen LogP contribution < -0.4 is 0 Å². The molecule has 0 spiro atoms. The average Bonchev–Trinajstić information content (AvgIpc) is 2.55. The molecule has 0 aliphatic carbocycles. The Bertz CT molecular complexity index is 519. The molecule has 1 aliphatic heterocycles. The fraction of sp³-hybridized carbons (Fsp3) is 0.500. The first-order chi connectivity index (χ1) is 7.46. The van der Waals surface area contributed by atoms with Crippen LogP contribution in [0.5, 0.6) is 0 Å². The topological polar surface area (TPSA) is 84.3 Å². The summed E-state index contributed by atoms with van der Waals surface area (Å²) in [4.78, 5) is 15.4. The Kier molecular flexibility index (Phi) is 3.22. The number of thiazole rings is 1. The Labute approximate surface area is 101 Å². The summed E-state index contributed by atoms with van der Waals surface area (Å²) in [5.41, 5.74) is 0.813. The molecule has 0 amide bonds. The number of fused-ring (bicyclic) bond motifs is 1. The molecule has 1 N–H and O–H groups in total. The van der Waals surface area contributed by atoms with Gasteiger partial charge in [0.05, 0.1) is 23.0 Å². The lowest BCUT2D eigenvalue weighted by atomic mass is 10.3. The summed E-state index contributed by atoms with van der Waals surface area (Å²) in [6, 6.07) is 0. The second-order valence-electron chi connectivity index (χ2n) is 3.37. The maximum Gasteiger partial charge on any atom is 0.313 e. The standard InChI is InChI=1S/C8H9NO4S3/c10-7(11)3-14-8-9-5-1-2-16(12,13)4-6(5)15-8/h1-4H2,(H,10,11). The predicted molar refractivity (Wildman–Crippen MR) is 61.7 cm³/mol. The van der Waals surface area contributed by atoms with Gasteiger partial charge in [0.25, 0.3) is 0 Å². The van der Waals surface area contributed by atoms with Crippen molar-refractivity contribution >= 4 is 38.9 Å². The molecule has 1 aromatic heterocycles. The van der Waals surface area contributed by atoms with Gasteiger partial charge in [0.2, 0.25) is 0 Å². The highest BCUT2D eigenvalue weighted by Crippen LogP contribution is 2.31. The Balaban J connectivity index is 2.15. The fourth-order valence-corrected chi connectivity index (χ4v) is 5.13. The molecular formula is C8H9NO4S3. The van der Waals surface area contributed by atoms with E-state index in [-0.39, 0.29) is 17.3 Å². The second-order valence-corrected chi connectivity index (χ2v) is 7.86. The van der Waals surface area contributed by atoms with E-state index in [1.54, 1.807) is 0 Å². The van der Waals surface area contributed by atoms with Crippen LogP contribution in [0.3, 0.4) is 0 Å². The number of aliphatic carboxylic acids is 1. The van der Waals surface area contributed by atoms with Crippen molar-refractivity contribution in [1.29, 1.82) is 0 Å². The normalized spacial score (nSPS) is 18.0. The van der Waals surface area contributed by atoms with E-state index in [2.05, 4.69) is 4.98 Å². The molecule has 8 heteroatoms. The Morgan fingerprint density at radius 1 is 1.56 bits per heavy atom. The van der Waals surface area contributed by atoms with Gasteiger partial charge in [-0.2, -0.15) is 0 Å². The number of hydrogen-bond acceptors (Lipinski definition) is 6. The van der Waals surface area contributed by atoms with E-state index < -0.39 is 15.8 Å². The van der Waals surface area contributed by atoms with Gasteiger partial charge in [-0.05, 0) is 0 Å². The molecule has 0 bridgehead atoms.